The monoisotopic (exact) mass is 278 g/mol. The van der Waals surface area contributed by atoms with Crippen LogP contribution >= 0.6 is 0 Å². The van der Waals surface area contributed by atoms with E-state index < -0.39 is 12.4 Å². The molecule has 0 spiro atoms. The molecule has 66 valence electrons. The predicted octanol–water partition coefficient (Wildman–Crippen LogP) is -1.88. The molecule has 0 nitrogen and oxygen atoms in total. The summed E-state index contributed by atoms with van der Waals surface area (Å²) in [5.41, 5.74) is -0.511. The zero-order valence-corrected chi connectivity index (χ0v) is 12.3. The molecule has 0 aliphatic rings. The SMILES string of the molecule is C[Se]c1ccc([B-](F)(F)F)cc1.[K+]. The number of rotatable bonds is 2. The molecular weight excluding hydrogens is 270 g/mol. The summed E-state index contributed by atoms with van der Waals surface area (Å²) in [5, 5.41) is 0. The maximum Gasteiger partial charge on any atom is 1.00 e. The first-order chi connectivity index (χ1) is 5.54. The van der Waals surface area contributed by atoms with Crippen LogP contribution in [0.2, 0.25) is 5.82 Å². The predicted molar refractivity (Wildman–Crippen MR) is 46.4 cm³/mol. The maximum absolute atomic E-state index is 12.1. The molecule has 0 aliphatic heterocycles. The molecule has 0 N–H and O–H groups in total. The summed E-state index contributed by atoms with van der Waals surface area (Å²) >= 11 is 0.275. The fraction of sp³-hybridized carbons (Fsp3) is 0.143. The van der Waals surface area contributed by atoms with Crippen molar-refractivity contribution in [3.05, 3.63) is 24.3 Å². The van der Waals surface area contributed by atoms with E-state index in [2.05, 4.69) is 0 Å². The second kappa shape index (κ2) is 5.96. The van der Waals surface area contributed by atoms with Crippen LogP contribution in [0.25, 0.3) is 0 Å². The van der Waals surface area contributed by atoms with E-state index in [1.54, 1.807) is 12.1 Å². The minimum atomic E-state index is -4.82. The number of hydrogen-bond acceptors (Lipinski definition) is 0. The minimum absolute atomic E-state index is 0. The van der Waals surface area contributed by atoms with Gasteiger partial charge in [0.2, 0.25) is 0 Å². The summed E-state index contributed by atoms with van der Waals surface area (Å²) in [6, 6.07) is 5.40. The summed E-state index contributed by atoms with van der Waals surface area (Å²) in [5.74, 6) is 1.97. The van der Waals surface area contributed by atoms with Gasteiger partial charge in [0.25, 0.3) is 0 Å². The van der Waals surface area contributed by atoms with Gasteiger partial charge in [-0.05, 0) is 0 Å². The molecule has 0 saturated carbocycles. The molecule has 0 aliphatic carbocycles. The number of halogens is 3. The average molecular weight is 277 g/mol. The molecular formula is C7H7BF3KSe. The van der Waals surface area contributed by atoms with Crippen molar-refractivity contribution in [2.45, 2.75) is 5.82 Å². The molecule has 0 amide bonds. The number of benzene rings is 1. The van der Waals surface area contributed by atoms with Crippen LogP contribution < -0.4 is 61.3 Å². The van der Waals surface area contributed by atoms with Gasteiger partial charge in [-0.15, -0.1) is 0 Å². The van der Waals surface area contributed by atoms with E-state index in [-0.39, 0.29) is 66.3 Å². The molecule has 1 rings (SSSR count). The van der Waals surface area contributed by atoms with E-state index in [4.69, 9.17) is 0 Å². The van der Waals surface area contributed by atoms with Crippen molar-refractivity contribution in [1.29, 1.82) is 0 Å². The Hall–Kier alpha value is 1.23. The summed E-state index contributed by atoms with van der Waals surface area (Å²) in [6.07, 6.45) is 0. The molecule has 1 aromatic rings. The maximum atomic E-state index is 12.1. The van der Waals surface area contributed by atoms with Gasteiger partial charge in [0.05, 0.1) is 0 Å². The topological polar surface area (TPSA) is 0 Å². The summed E-state index contributed by atoms with van der Waals surface area (Å²) in [4.78, 5) is 0. The zero-order chi connectivity index (χ0) is 9.19. The standard InChI is InChI=1S/C7H7BF3Se.K/c1-12-7-4-2-6(3-5-7)8(9,10)11;/h2-5H,1H3;/q-1;+1. The van der Waals surface area contributed by atoms with E-state index in [1.165, 1.54) is 0 Å². The molecule has 0 fully saturated rings. The van der Waals surface area contributed by atoms with Crippen LogP contribution in [0.5, 0.6) is 0 Å². The molecule has 0 radical (unpaired) electrons. The summed E-state index contributed by atoms with van der Waals surface area (Å²) in [6.45, 7) is -4.82. The third-order valence-electron chi connectivity index (χ3n) is 1.49. The Kier molecular flexibility index (Phi) is 6.52. The van der Waals surface area contributed by atoms with E-state index in [9.17, 15) is 12.9 Å². The van der Waals surface area contributed by atoms with Crippen molar-refractivity contribution >= 4 is 31.9 Å². The molecule has 0 saturated heterocycles. The molecule has 0 atom stereocenters. The summed E-state index contributed by atoms with van der Waals surface area (Å²) < 4.78 is 37.3. The smallest absolute Gasteiger partial charge is 1.00 e. The van der Waals surface area contributed by atoms with Crippen LogP contribution in [0.4, 0.5) is 12.9 Å². The minimum Gasteiger partial charge on any atom is 1.00 e. The van der Waals surface area contributed by atoms with Crippen LogP contribution in [0.1, 0.15) is 0 Å². The summed E-state index contributed by atoms with van der Waals surface area (Å²) in [7, 11) is 0. The quantitative estimate of drug-likeness (QED) is 0.555. The second-order valence-electron chi connectivity index (χ2n) is 2.35. The fourth-order valence-electron chi connectivity index (χ4n) is 0.822. The zero-order valence-electron chi connectivity index (χ0n) is 7.43. The van der Waals surface area contributed by atoms with E-state index >= 15 is 0 Å². The molecule has 6 heteroatoms. The Morgan fingerprint density at radius 1 is 1.08 bits per heavy atom. The third-order valence-corrected chi connectivity index (χ3v) is 3.05. The van der Waals surface area contributed by atoms with Crippen molar-refractivity contribution < 1.29 is 64.3 Å². The van der Waals surface area contributed by atoms with Crippen molar-refractivity contribution in [3.63, 3.8) is 0 Å². The van der Waals surface area contributed by atoms with Crippen molar-refractivity contribution in [3.8, 4) is 0 Å². The molecule has 0 unspecified atom stereocenters. The Labute approximate surface area is 124 Å². The molecule has 0 aromatic heterocycles. The van der Waals surface area contributed by atoms with Gasteiger partial charge in [0.1, 0.15) is 0 Å². The van der Waals surface area contributed by atoms with Crippen LogP contribution in [0, 0.1) is 0 Å². The molecule has 0 bridgehead atoms. The Morgan fingerprint density at radius 3 is 1.85 bits per heavy atom. The largest absolute Gasteiger partial charge is 1.00 e. The average Bonchev–Trinajstić information content (AvgIpc) is 2.03. The second-order valence-corrected chi connectivity index (χ2v) is 4.19. The van der Waals surface area contributed by atoms with Gasteiger partial charge < -0.3 is 0 Å². The molecule has 1 aromatic carbocycles. The van der Waals surface area contributed by atoms with E-state index in [0.717, 1.165) is 16.6 Å². The normalized spacial score (nSPS) is 10.8. The molecule has 13 heavy (non-hydrogen) atoms. The van der Waals surface area contributed by atoms with Crippen LogP contribution in [-0.2, 0) is 0 Å². The number of hydrogen-bond donors (Lipinski definition) is 0. The van der Waals surface area contributed by atoms with Gasteiger partial charge >= 0.3 is 126 Å². The van der Waals surface area contributed by atoms with Gasteiger partial charge in [-0.25, -0.2) is 0 Å². The first-order valence-corrected chi connectivity index (χ1v) is 5.95. The first-order valence-electron chi connectivity index (χ1n) is 3.38. The van der Waals surface area contributed by atoms with Crippen LogP contribution in [-0.4, -0.2) is 21.9 Å². The van der Waals surface area contributed by atoms with Gasteiger partial charge in [0, 0.05) is 0 Å². The van der Waals surface area contributed by atoms with Gasteiger partial charge in [0.15, 0.2) is 0 Å². The van der Waals surface area contributed by atoms with Crippen molar-refractivity contribution in [1.82, 2.24) is 0 Å². The van der Waals surface area contributed by atoms with Gasteiger partial charge in [-0.3, -0.25) is 0 Å². The van der Waals surface area contributed by atoms with Crippen molar-refractivity contribution in [2.75, 3.05) is 0 Å². The van der Waals surface area contributed by atoms with Crippen LogP contribution in [0.3, 0.4) is 0 Å². The van der Waals surface area contributed by atoms with Crippen molar-refractivity contribution in [2.24, 2.45) is 0 Å². The third kappa shape index (κ3) is 4.51. The van der Waals surface area contributed by atoms with Crippen LogP contribution in [0.15, 0.2) is 24.3 Å². The van der Waals surface area contributed by atoms with E-state index in [0.29, 0.717) is 0 Å². The Balaban J connectivity index is 0.00000144. The first kappa shape index (κ1) is 14.2. The van der Waals surface area contributed by atoms with Gasteiger partial charge in [-0.1, -0.05) is 0 Å². The fourth-order valence-corrected chi connectivity index (χ4v) is 1.68. The molecule has 0 heterocycles. The van der Waals surface area contributed by atoms with E-state index in [1.807, 2.05) is 5.82 Å². The Morgan fingerprint density at radius 2 is 1.54 bits per heavy atom. The Bertz CT molecular complexity index is 259. The van der Waals surface area contributed by atoms with Gasteiger partial charge in [-0.2, -0.15) is 0 Å².